The van der Waals surface area contributed by atoms with Crippen molar-refractivity contribution in [2.24, 2.45) is 5.92 Å². The minimum absolute atomic E-state index is 0.0289. The Morgan fingerprint density at radius 3 is 2.34 bits per heavy atom. The lowest BCUT2D eigenvalue weighted by molar-refractivity contribution is -0.137. The number of anilines is 2. The van der Waals surface area contributed by atoms with Crippen LogP contribution in [-0.4, -0.2) is 18.2 Å². The van der Waals surface area contributed by atoms with Crippen molar-refractivity contribution in [2.75, 3.05) is 23.3 Å². The molecule has 1 saturated heterocycles. The maximum Gasteiger partial charge on any atom is 0.416 e. The summed E-state index contributed by atoms with van der Waals surface area (Å²) in [4.78, 5) is 2.42. The van der Waals surface area contributed by atoms with Crippen molar-refractivity contribution >= 4 is 28.7 Å². The van der Waals surface area contributed by atoms with E-state index in [-0.39, 0.29) is 6.04 Å². The van der Waals surface area contributed by atoms with Gasteiger partial charge in [0.15, 0.2) is 5.11 Å². The Morgan fingerprint density at radius 1 is 1.10 bits per heavy atom. The predicted molar refractivity (Wildman–Crippen MR) is 116 cm³/mol. The van der Waals surface area contributed by atoms with E-state index < -0.39 is 11.7 Å². The zero-order valence-electron chi connectivity index (χ0n) is 16.6. The summed E-state index contributed by atoms with van der Waals surface area (Å²) < 4.78 is 37.9. The lowest BCUT2D eigenvalue weighted by Gasteiger charge is -2.33. The van der Waals surface area contributed by atoms with Crippen LogP contribution in [0, 0.1) is 5.92 Å². The fourth-order valence-corrected chi connectivity index (χ4v) is 3.88. The van der Waals surface area contributed by atoms with Gasteiger partial charge in [-0.1, -0.05) is 19.1 Å². The van der Waals surface area contributed by atoms with Gasteiger partial charge in [-0.05, 0) is 79.9 Å². The monoisotopic (exact) mass is 421 g/mol. The van der Waals surface area contributed by atoms with Gasteiger partial charge >= 0.3 is 6.18 Å². The molecule has 7 heteroatoms. The van der Waals surface area contributed by atoms with E-state index in [0.717, 1.165) is 36.7 Å². The van der Waals surface area contributed by atoms with Gasteiger partial charge in [0.2, 0.25) is 0 Å². The van der Waals surface area contributed by atoms with E-state index in [9.17, 15) is 13.2 Å². The molecule has 2 aromatic rings. The molecule has 0 aromatic heterocycles. The van der Waals surface area contributed by atoms with Crippen LogP contribution in [0.25, 0.3) is 0 Å². The minimum atomic E-state index is -4.34. The summed E-state index contributed by atoms with van der Waals surface area (Å²) >= 11 is 5.31. The molecule has 2 unspecified atom stereocenters. The van der Waals surface area contributed by atoms with Crippen LogP contribution >= 0.6 is 12.2 Å². The van der Waals surface area contributed by atoms with E-state index in [4.69, 9.17) is 12.2 Å². The molecule has 0 aliphatic carbocycles. The molecule has 1 aliphatic rings. The van der Waals surface area contributed by atoms with Crippen molar-refractivity contribution in [1.29, 1.82) is 0 Å². The second-order valence-electron chi connectivity index (χ2n) is 7.68. The minimum Gasteiger partial charge on any atom is -0.371 e. The van der Waals surface area contributed by atoms with Gasteiger partial charge in [0.25, 0.3) is 0 Å². The van der Waals surface area contributed by atoms with Crippen LogP contribution in [0.5, 0.6) is 0 Å². The van der Waals surface area contributed by atoms with Crippen molar-refractivity contribution in [3.63, 3.8) is 0 Å². The van der Waals surface area contributed by atoms with E-state index in [1.807, 2.05) is 6.92 Å². The summed E-state index contributed by atoms with van der Waals surface area (Å²) in [5.74, 6) is 0.720. The van der Waals surface area contributed by atoms with Gasteiger partial charge in [-0.15, -0.1) is 0 Å². The van der Waals surface area contributed by atoms with Gasteiger partial charge in [-0.2, -0.15) is 13.2 Å². The number of nitrogens with zero attached hydrogens (tertiary/aromatic N) is 1. The molecular formula is C22H26F3N3S. The molecule has 156 valence electrons. The first-order chi connectivity index (χ1) is 13.7. The number of hydrogen-bond donors (Lipinski definition) is 2. The first-order valence-electron chi connectivity index (χ1n) is 9.82. The molecular weight excluding hydrogens is 395 g/mol. The molecule has 1 aliphatic heterocycles. The lowest BCUT2D eigenvalue weighted by atomic mass is 9.99. The summed E-state index contributed by atoms with van der Waals surface area (Å²) in [5.41, 5.74) is 2.16. The Labute approximate surface area is 175 Å². The van der Waals surface area contributed by atoms with Crippen molar-refractivity contribution in [3.05, 3.63) is 59.7 Å². The number of piperidine rings is 1. The van der Waals surface area contributed by atoms with Crippen LogP contribution < -0.4 is 15.5 Å². The molecule has 29 heavy (non-hydrogen) atoms. The summed E-state index contributed by atoms with van der Waals surface area (Å²) in [6.07, 6.45) is -1.83. The Balaban J connectivity index is 1.55. The molecule has 2 N–H and O–H groups in total. The van der Waals surface area contributed by atoms with Crippen LogP contribution in [0.15, 0.2) is 48.5 Å². The quantitative estimate of drug-likeness (QED) is 0.593. The third-order valence-corrected chi connectivity index (χ3v) is 5.45. The molecule has 0 bridgehead atoms. The van der Waals surface area contributed by atoms with E-state index in [2.05, 4.69) is 46.7 Å². The fraction of sp³-hybridized carbons (Fsp3) is 0.409. The highest BCUT2D eigenvalue weighted by Gasteiger charge is 2.30. The Morgan fingerprint density at radius 2 is 1.76 bits per heavy atom. The second kappa shape index (κ2) is 9.03. The number of alkyl halides is 3. The summed E-state index contributed by atoms with van der Waals surface area (Å²) in [7, 11) is 0. The molecule has 1 heterocycles. The third-order valence-electron chi connectivity index (χ3n) is 5.23. The average molecular weight is 422 g/mol. The van der Waals surface area contributed by atoms with Crippen molar-refractivity contribution in [2.45, 2.75) is 38.9 Å². The Kier molecular flexibility index (Phi) is 6.67. The topological polar surface area (TPSA) is 27.3 Å². The molecule has 2 atom stereocenters. The van der Waals surface area contributed by atoms with Crippen LogP contribution in [-0.2, 0) is 6.18 Å². The Bertz CT molecular complexity index is 819. The number of rotatable bonds is 4. The number of thiocarbonyl (C=S) groups is 1. The zero-order chi connectivity index (χ0) is 21.0. The molecule has 3 nitrogen and oxygen atoms in total. The van der Waals surface area contributed by atoms with Gasteiger partial charge in [-0.25, -0.2) is 0 Å². The molecule has 2 aromatic carbocycles. The zero-order valence-corrected chi connectivity index (χ0v) is 17.4. The molecule has 0 amide bonds. The van der Waals surface area contributed by atoms with Crippen molar-refractivity contribution in [1.82, 2.24) is 5.32 Å². The van der Waals surface area contributed by atoms with E-state index in [1.54, 1.807) is 0 Å². The summed E-state index contributed by atoms with van der Waals surface area (Å²) in [6, 6.07) is 13.2. The van der Waals surface area contributed by atoms with E-state index >= 15 is 0 Å². The van der Waals surface area contributed by atoms with Crippen LogP contribution in [0.1, 0.15) is 43.9 Å². The number of nitrogens with one attached hydrogen (secondary N) is 2. The SMILES string of the molecule is CC1CCCN(c2ccc(C(C)NC(=S)Nc3ccc(C(F)(F)F)cc3)cc2)C1. The molecule has 0 radical (unpaired) electrons. The number of halogens is 3. The number of hydrogen-bond acceptors (Lipinski definition) is 2. The van der Waals surface area contributed by atoms with Crippen LogP contribution in [0.2, 0.25) is 0 Å². The van der Waals surface area contributed by atoms with Gasteiger partial charge in [0.05, 0.1) is 11.6 Å². The average Bonchev–Trinajstić information content (AvgIpc) is 2.67. The smallest absolute Gasteiger partial charge is 0.371 e. The highest BCUT2D eigenvalue weighted by Crippen LogP contribution is 2.30. The van der Waals surface area contributed by atoms with Gasteiger partial charge in [0, 0.05) is 24.5 Å². The molecule has 3 rings (SSSR count). The maximum absolute atomic E-state index is 12.6. The Hall–Kier alpha value is -2.28. The van der Waals surface area contributed by atoms with Gasteiger partial charge in [-0.3, -0.25) is 0 Å². The van der Waals surface area contributed by atoms with E-state index in [0.29, 0.717) is 10.8 Å². The van der Waals surface area contributed by atoms with Crippen LogP contribution in [0.4, 0.5) is 24.5 Å². The highest BCUT2D eigenvalue weighted by atomic mass is 32.1. The van der Waals surface area contributed by atoms with Gasteiger partial charge < -0.3 is 15.5 Å². The maximum atomic E-state index is 12.6. The first-order valence-corrected chi connectivity index (χ1v) is 10.2. The normalized spacial score (nSPS) is 18.2. The van der Waals surface area contributed by atoms with Gasteiger partial charge in [0.1, 0.15) is 0 Å². The van der Waals surface area contributed by atoms with E-state index in [1.165, 1.54) is 30.7 Å². The highest BCUT2D eigenvalue weighted by molar-refractivity contribution is 7.80. The van der Waals surface area contributed by atoms with Crippen molar-refractivity contribution in [3.8, 4) is 0 Å². The van der Waals surface area contributed by atoms with Crippen LogP contribution in [0.3, 0.4) is 0 Å². The molecule has 1 fully saturated rings. The largest absolute Gasteiger partial charge is 0.416 e. The third kappa shape index (κ3) is 5.85. The first kappa shape index (κ1) is 21.4. The standard InChI is InChI=1S/C22H26F3N3S/c1-15-4-3-13-28(14-15)20-11-5-17(6-12-20)16(2)26-21(29)27-19-9-7-18(8-10-19)22(23,24)25/h5-12,15-16H,3-4,13-14H2,1-2H3,(H2,26,27,29). The molecule has 0 saturated carbocycles. The fourth-order valence-electron chi connectivity index (χ4n) is 3.59. The summed E-state index contributed by atoms with van der Waals surface area (Å²) in [5, 5.41) is 6.48. The second-order valence-corrected chi connectivity index (χ2v) is 8.09. The van der Waals surface area contributed by atoms with Crippen molar-refractivity contribution < 1.29 is 13.2 Å². The lowest BCUT2D eigenvalue weighted by Crippen LogP contribution is -2.34. The number of benzene rings is 2. The summed E-state index contributed by atoms with van der Waals surface area (Å²) in [6.45, 7) is 6.47. The molecule has 0 spiro atoms. The predicted octanol–water partition coefficient (Wildman–Crippen LogP) is 5.99.